The first-order valence-electron chi connectivity index (χ1n) is 11.4. The Kier molecular flexibility index (Phi) is 6.51. The number of halogens is 3. The van der Waals surface area contributed by atoms with Gasteiger partial charge in [0, 0.05) is 56.9 Å². The van der Waals surface area contributed by atoms with Crippen molar-refractivity contribution < 1.29 is 18.0 Å². The maximum Gasteiger partial charge on any atom is 0.397 e. The molecule has 1 aromatic carbocycles. The van der Waals surface area contributed by atoms with Gasteiger partial charge in [-0.2, -0.15) is 13.2 Å². The molecule has 4 heterocycles. The zero-order chi connectivity index (χ0) is 25.1. The predicted octanol–water partition coefficient (Wildman–Crippen LogP) is 3.76. The van der Waals surface area contributed by atoms with Gasteiger partial charge in [-0.3, -0.25) is 9.69 Å². The molecular formula is C24H23F3N8O. The van der Waals surface area contributed by atoms with Gasteiger partial charge in [0.2, 0.25) is 11.9 Å². The summed E-state index contributed by atoms with van der Waals surface area (Å²) >= 11 is 0. The van der Waals surface area contributed by atoms with E-state index in [4.69, 9.17) is 0 Å². The van der Waals surface area contributed by atoms with E-state index >= 15 is 0 Å². The minimum Gasteiger partial charge on any atom is -0.340 e. The largest absolute Gasteiger partial charge is 0.397 e. The lowest BCUT2D eigenvalue weighted by Crippen LogP contribution is -2.49. The zero-order valence-electron chi connectivity index (χ0n) is 19.2. The van der Waals surface area contributed by atoms with E-state index in [0.29, 0.717) is 31.4 Å². The Hall–Kier alpha value is -4.06. The van der Waals surface area contributed by atoms with E-state index in [0.717, 1.165) is 27.7 Å². The number of imidazole rings is 1. The van der Waals surface area contributed by atoms with Gasteiger partial charge in [0.1, 0.15) is 18.6 Å². The van der Waals surface area contributed by atoms with E-state index in [1.165, 1.54) is 11.2 Å². The standard InChI is InChI=1S/C24H23F3N8O/c25-24(26,27)11-22(36)35-7-5-34(6-8-35)14-16-3-4-30-21(9-16)33-23-31-19-2-1-17(10-20(19)32-23)18-12-28-15-29-13-18/h1-4,9-10,12-13,15H,5-8,11,14H2,(H2,30,31,32,33). The Balaban J connectivity index is 1.20. The normalized spacial score (nSPS) is 14.8. The summed E-state index contributed by atoms with van der Waals surface area (Å²) in [7, 11) is 0. The van der Waals surface area contributed by atoms with Crippen LogP contribution in [0.5, 0.6) is 0 Å². The lowest BCUT2D eigenvalue weighted by atomic mass is 10.1. The van der Waals surface area contributed by atoms with Crippen molar-refractivity contribution in [2.45, 2.75) is 19.1 Å². The van der Waals surface area contributed by atoms with Crippen molar-refractivity contribution in [2.24, 2.45) is 0 Å². The third kappa shape index (κ3) is 5.77. The molecule has 0 bridgehead atoms. The molecule has 12 heteroatoms. The fourth-order valence-corrected chi connectivity index (χ4v) is 4.16. The van der Waals surface area contributed by atoms with Crippen molar-refractivity contribution in [1.29, 1.82) is 0 Å². The number of aromatic nitrogens is 5. The van der Waals surface area contributed by atoms with Gasteiger partial charge in [-0.05, 0) is 35.4 Å². The average molecular weight is 496 g/mol. The van der Waals surface area contributed by atoms with E-state index in [1.54, 1.807) is 18.6 Å². The van der Waals surface area contributed by atoms with Crippen LogP contribution in [0.3, 0.4) is 0 Å². The number of anilines is 2. The Morgan fingerprint density at radius 2 is 1.81 bits per heavy atom. The second-order valence-electron chi connectivity index (χ2n) is 8.57. The fraction of sp³-hybridized carbons (Fsp3) is 0.292. The van der Waals surface area contributed by atoms with Crippen molar-refractivity contribution in [3.8, 4) is 11.1 Å². The molecule has 36 heavy (non-hydrogen) atoms. The molecule has 1 fully saturated rings. The lowest BCUT2D eigenvalue weighted by molar-refractivity contribution is -0.162. The van der Waals surface area contributed by atoms with Gasteiger partial charge in [-0.1, -0.05) is 6.07 Å². The first-order valence-corrected chi connectivity index (χ1v) is 11.4. The Morgan fingerprint density at radius 1 is 1.03 bits per heavy atom. The van der Waals surface area contributed by atoms with Crippen molar-refractivity contribution in [3.63, 3.8) is 0 Å². The van der Waals surface area contributed by atoms with E-state index in [1.807, 2.05) is 30.3 Å². The van der Waals surface area contributed by atoms with Crippen LogP contribution in [0.25, 0.3) is 22.2 Å². The van der Waals surface area contributed by atoms with Crippen molar-refractivity contribution in [1.82, 2.24) is 34.7 Å². The molecule has 186 valence electrons. The number of carbonyl (C=O) groups is 1. The highest BCUT2D eigenvalue weighted by atomic mass is 19.4. The summed E-state index contributed by atoms with van der Waals surface area (Å²) in [5, 5.41) is 3.19. The topological polar surface area (TPSA) is 103 Å². The van der Waals surface area contributed by atoms with Crippen LogP contribution >= 0.6 is 0 Å². The monoisotopic (exact) mass is 496 g/mol. The maximum absolute atomic E-state index is 12.5. The summed E-state index contributed by atoms with van der Waals surface area (Å²) in [5.74, 6) is 0.294. The number of pyridine rings is 1. The highest BCUT2D eigenvalue weighted by Crippen LogP contribution is 2.25. The van der Waals surface area contributed by atoms with Crippen LogP contribution in [-0.4, -0.2) is 73.0 Å². The minimum atomic E-state index is -4.48. The molecule has 2 N–H and O–H groups in total. The number of nitrogens with zero attached hydrogens (tertiary/aromatic N) is 6. The Labute approximate surface area is 204 Å². The number of H-pyrrole nitrogens is 1. The number of aromatic amines is 1. The quantitative estimate of drug-likeness (QED) is 0.419. The van der Waals surface area contributed by atoms with Gasteiger partial charge < -0.3 is 15.2 Å². The molecule has 1 saturated heterocycles. The highest BCUT2D eigenvalue weighted by Gasteiger charge is 2.34. The summed E-state index contributed by atoms with van der Waals surface area (Å²) in [6.07, 6.45) is 0.792. The SMILES string of the molecule is O=C(CC(F)(F)F)N1CCN(Cc2ccnc(Nc3nc4ccc(-c5cncnc5)cc4[nH]3)c2)CC1. The molecule has 3 aromatic heterocycles. The van der Waals surface area contributed by atoms with Gasteiger partial charge in [0.15, 0.2) is 0 Å². The number of rotatable bonds is 6. The lowest BCUT2D eigenvalue weighted by Gasteiger charge is -2.35. The van der Waals surface area contributed by atoms with Crippen LogP contribution in [0.1, 0.15) is 12.0 Å². The van der Waals surface area contributed by atoms with E-state index in [9.17, 15) is 18.0 Å². The number of carbonyl (C=O) groups excluding carboxylic acids is 1. The van der Waals surface area contributed by atoms with Crippen molar-refractivity contribution in [2.75, 3.05) is 31.5 Å². The molecule has 0 atom stereocenters. The van der Waals surface area contributed by atoms with Crippen LogP contribution < -0.4 is 5.32 Å². The van der Waals surface area contributed by atoms with E-state index < -0.39 is 18.5 Å². The molecule has 4 aromatic rings. The molecule has 0 spiro atoms. The molecule has 1 amide bonds. The van der Waals surface area contributed by atoms with Crippen LogP contribution in [0.15, 0.2) is 55.2 Å². The van der Waals surface area contributed by atoms with Gasteiger partial charge in [0.25, 0.3) is 0 Å². The molecule has 9 nitrogen and oxygen atoms in total. The molecular weight excluding hydrogens is 473 g/mol. The Bertz CT molecular complexity index is 1350. The fourth-order valence-electron chi connectivity index (χ4n) is 4.16. The Morgan fingerprint density at radius 3 is 2.56 bits per heavy atom. The molecule has 1 aliphatic heterocycles. The van der Waals surface area contributed by atoms with Crippen LogP contribution in [0.2, 0.25) is 0 Å². The number of fused-ring (bicyclic) bond motifs is 1. The number of amides is 1. The molecule has 1 aliphatic rings. The molecule has 5 rings (SSSR count). The molecule has 0 saturated carbocycles. The van der Waals surface area contributed by atoms with Crippen LogP contribution in [0.4, 0.5) is 24.9 Å². The van der Waals surface area contributed by atoms with Gasteiger partial charge in [-0.25, -0.2) is 19.9 Å². The first-order chi connectivity index (χ1) is 17.3. The van der Waals surface area contributed by atoms with Crippen LogP contribution in [-0.2, 0) is 11.3 Å². The zero-order valence-corrected chi connectivity index (χ0v) is 19.2. The van der Waals surface area contributed by atoms with E-state index in [2.05, 4.69) is 35.1 Å². The third-order valence-corrected chi connectivity index (χ3v) is 5.93. The second kappa shape index (κ2) is 9.90. The summed E-state index contributed by atoms with van der Waals surface area (Å²) in [4.78, 5) is 35.5. The summed E-state index contributed by atoms with van der Waals surface area (Å²) in [5.41, 5.74) is 4.52. The van der Waals surface area contributed by atoms with E-state index in [-0.39, 0.29) is 13.1 Å². The van der Waals surface area contributed by atoms with Crippen LogP contribution in [0, 0.1) is 0 Å². The number of hydrogen-bond donors (Lipinski definition) is 2. The number of alkyl halides is 3. The maximum atomic E-state index is 12.5. The van der Waals surface area contributed by atoms with Gasteiger partial charge in [-0.15, -0.1) is 0 Å². The molecule has 0 unspecified atom stereocenters. The smallest absolute Gasteiger partial charge is 0.340 e. The second-order valence-corrected chi connectivity index (χ2v) is 8.57. The summed E-state index contributed by atoms with van der Waals surface area (Å²) in [6, 6.07) is 9.65. The first kappa shape index (κ1) is 23.7. The summed E-state index contributed by atoms with van der Waals surface area (Å²) in [6.45, 7) is 2.17. The predicted molar refractivity (Wildman–Crippen MR) is 127 cm³/mol. The number of nitrogens with one attached hydrogen (secondary N) is 2. The van der Waals surface area contributed by atoms with Gasteiger partial charge in [0.05, 0.1) is 11.0 Å². The highest BCUT2D eigenvalue weighted by molar-refractivity contribution is 5.83. The minimum absolute atomic E-state index is 0.279. The number of hydrogen-bond acceptors (Lipinski definition) is 7. The number of benzene rings is 1. The van der Waals surface area contributed by atoms with Crippen molar-refractivity contribution >= 4 is 28.7 Å². The van der Waals surface area contributed by atoms with Gasteiger partial charge >= 0.3 is 6.18 Å². The number of piperazine rings is 1. The van der Waals surface area contributed by atoms with Crippen molar-refractivity contribution in [3.05, 3.63) is 60.8 Å². The molecule has 0 radical (unpaired) electrons. The average Bonchev–Trinajstić information content (AvgIpc) is 3.25. The summed E-state index contributed by atoms with van der Waals surface area (Å²) < 4.78 is 37.5. The third-order valence-electron chi connectivity index (χ3n) is 5.93. The molecule has 0 aliphatic carbocycles.